The lowest BCUT2D eigenvalue weighted by atomic mass is 10.0. The Kier molecular flexibility index (Phi) is 53.6. The molecule has 0 aromatic rings. The van der Waals surface area contributed by atoms with Crippen molar-refractivity contribution < 1.29 is 24.2 Å². The normalized spacial score (nSPS) is 13.4. The summed E-state index contributed by atoms with van der Waals surface area (Å²) in [5.41, 5.74) is 0. The summed E-state index contributed by atoms with van der Waals surface area (Å²) in [6.45, 7) is 3.83. The molecule has 0 aromatic carbocycles. The van der Waals surface area contributed by atoms with Gasteiger partial charge < -0.3 is 14.6 Å². The van der Waals surface area contributed by atoms with Crippen LogP contribution in [0.25, 0.3) is 0 Å². The maximum Gasteiger partial charge on any atom is 0.306 e. The summed E-state index contributed by atoms with van der Waals surface area (Å²) in [6, 6.07) is 0. The highest BCUT2D eigenvalue weighted by molar-refractivity contribution is 5.70. The predicted octanol–water partition coefficient (Wildman–Crippen LogP) is 18.6. The van der Waals surface area contributed by atoms with Crippen LogP contribution in [0.5, 0.6) is 0 Å². The molecule has 0 saturated heterocycles. The van der Waals surface area contributed by atoms with Gasteiger partial charge in [-0.3, -0.25) is 9.59 Å². The van der Waals surface area contributed by atoms with Crippen molar-refractivity contribution in [1.82, 2.24) is 0 Å². The maximum atomic E-state index is 12.3. The van der Waals surface area contributed by atoms with Gasteiger partial charge in [0.05, 0.1) is 6.61 Å². The third-order valence-electron chi connectivity index (χ3n) is 11.1. The molecule has 0 fully saturated rings. The average molecular weight is 937 g/mol. The van der Waals surface area contributed by atoms with Gasteiger partial charge in [-0.2, -0.15) is 0 Å². The molecule has 0 radical (unpaired) electrons. The Bertz CT molecular complexity index is 1480. The maximum absolute atomic E-state index is 12.3. The quantitative estimate of drug-likeness (QED) is 0.0374. The first-order chi connectivity index (χ1) is 33.6. The summed E-state index contributed by atoms with van der Waals surface area (Å²) >= 11 is 0. The zero-order valence-electron chi connectivity index (χ0n) is 43.6. The van der Waals surface area contributed by atoms with Crippen molar-refractivity contribution in [3.63, 3.8) is 0 Å². The Morgan fingerprint density at radius 1 is 0.338 bits per heavy atom. The van der Waals surface area contributed by atoms with Gasteiger partial charge in [0.1, 0.15) is 6.61 Å². The van der Waals surface area contributed by atoms with Gasteiger partial charge in [0.2, 0.25) is 0 Å². The number of rotatable bonds is 48. The molecular weight excluding hydrogens is 837 g/mol. The molecule has 0 saturated carbocycles. The fourth-order valence-electron chi connectivity index (χ4n) is 7.11. The van der Waals surface area contributed by atoms with E-state index in [1.54, 1.807) is 0 Å². The molecule has 5 nitrogen and oxygen atoms in total. The van der Waals surface area contributed by atoms with Gasteiger partial charge in [-0.25, -0.2) is 0 Å². The molecule has 5 heteroatoms. The fourth-order valence-corrected chi connectivity index (χ4v) is 7.11. The number of allylic oxidation sites excluding steroid dienone is 24. The summed E-state index contributed by atoms with van der Waals surface area (Å²) in [7, 11) is 0. The van der Waals surface area contributed by atoms with Crippen molar-refractivity contribution in [2.24, 2.45) is 0 Å². The molecule has 0 aliphatic heterocycles. The number of hydrogen-bond donors (Lipinski definition) is 1. The van der Waals surface area contributed by atoms with Crippen LogP contribution < -0.4 is 0 Å². The van der Waals surface area contributed by atoms with Crippen LogP contribution in [0.2, 0.25) is 0 Å². The largest absolute Gasteiger partial charge is 0.462 e. The number of carbonyl (C=O) groups excluding carboxylic acids is 2. The number of esters is 2. The molecule has 0 aliphatic carbocycles. The van der Waals surface area contributed by atoms with E-state index in [1.807, 2.05) is 12.2 Å². The molecule has 68 heavy (non-hydrogen) atoms. The van der Waals surface area contributed by atoms with E-state index in [4.69, 9.17) is 9.47 Å². The van der Waals surface area contributed by atoms with Crippen molar-refractivity contribution in [2.75, 3.05) is 13.2 Å². The Labute approximate surface area is 418 Å². The van der Waals surface area contributed by atoms with Crippen molar-refractivity contribution in [1.29, 1.82) is 0 Å². The lowest BCUT2D eigenvalue weighted by molar-refractivity contribution is -0.161. The van der Waals surface area contributed by atoms with Crippen LogP contribution in [0.3, 0.4) is 0 Å². The van der Waals surface area contributed by atoms with E-state index in [1.165, 1.54) is 89.9 Å². The highest BCUT2D eigenvalue weighted by atomic mass is 16.6. The number of unbranched alkanes of at least 4 members (excludes halogenated alkanes) is 16. The second kappa shape index (κ2) is 57.1. The lowest BCUT2D eigenvalue weighted by Crippen LogP contribution is -2.28. The topological polar surface area (TPSA) is 72.8 Å². The van der Waals surface area contributed by atoms with Crippen LogP contribution in [-0.4, -0.2) is 36.4 Å². The third-order valence-corrected chi connectivity index (χ3v) is 11.1. The first-order valence-electron chi connectivity index (χ1n) is 27.4. The van der Waals surface area contributed by atoms with Crippen molar-refractivity contribution in [3.8, 4) is 0 Å². The van der Waals surface area contributed by atoms with E-state index < -0.39 is 6.10 Å². The van der Waals surface area contributed by atoms with Gasteiger partial charge >= 0.3 is 11.9 Å². The number of carbonyl (C=O) groups is 2. The molecule has 382 valence electrons. The minimum atomic E-state index is -0.808. The molecule has 0 aromatic heterocycles. The summed E-state index contributed by atoms with van der Waals surface area (Å²) < 4.78 is 10.6. The Hall–Kier alpha value is -4.22. The van der Waals surface area contributed by atoms with Gasteiger partial charge in [0.15, 0.2) is 6.10 Å². The first-order valence-corrected chi connectivity index (χ1v) is 27.4. The molecule has 0 aliphatic rings. The Morgan fingerprint density at radius 3 is 0.941 bits per heavy atom. The molecular formula is C63H100O5. The van der Waals surface area contributed by atoms with Crippen molar-refractivity contribution >= 4 is 11.9 Å². The molecule has 0 spiro atoms. The number of aliphatic hydroxyl groups is 1. The summed E-state index contributed by atoms with van der Waals surface area (Å²) in [4.78, 5) is 24.3. The molecule has 0 rings (SSSR count). The monoisotopic (exact) mass is 937 g/mol. The predicted molar refractivity (Wildman–Crippen MR) is 297 cm³/mol. The van der Waals surface area contributed by atoms with E-state index in [0.717, 1.165) is 96.3 Å². The Morgan fingerprint density at radius 2 is 0.618 bits per heavy atom. The zero-order chi connectivity index (χ0) is 49.2. The van der Waals surface area contributed by atoms with Gasteiger partial charge in [-0.15, -0.1) is 0 Å². The van der Waals surface area contributed by atoms with Gasteiger partial charge in [-0.1, -0.05) is 250 Å². The third kappa shape index (κ3) is 54.4. The van der Waals surface area contributed by atoms with Crippen LogP contribution in [-0.2, 0) is 19.1 Å². The first kappa shape index (κ1) is 63.8. The highest BCUT2D eigenvalue weighted by Gasteiger charge is 2.16. The molecule has 0 heterocycles. The highest BCUT2D eigenvalue weighted by Crippen LogP contribution is 2.15. The van der Waals surface area contributed by atoms with Crippen molar-refractivity contribution in [2.45, 2.75) is 225 Å². The van der Waals surface area contributed by atoms with Crippen LogP contribution in [0, 0.1) is 0 Å². The van der Waals surface area contributed by atoms with Gasteiger partial charge in [-0.05, 0) is 103 Å². The molecule has 1 N–H and O–H groups in total. The van der Waals surface area contributed by atoms with Gasteiger partial charge in [0.25, 0.3) is 0 Å². The SMILES string of the molecule is CC/C=C\C/C=C\C/C=C\C/C=C\C/C=C\C/C=C\C/C=C\C/C=C\CCCCCCCCCCCCCCCCCCC(=O)OC(CO)COC(=O)CC/C=C\C/C=C\C/C=C\C/C=C\CC. The van der Waals surface area contributed by atoms with E-state index in [9.17, 15) is 14.7 Å². The molecule has 0 amide bonds. The van der Waals surface area contributed by atoms with Gasteiger partial charge in [0, 0.05) is 12.8 Å². The van der Waals surface area contributed by atoms with Crippen LogP contribution in [0.4, 0.5) is 0 Å². The molecule has 0 bridgehead atoms. The Balaban J connectivity index is 3.54. The summed E-state index contributed by atoms with van der Waals surface area (Å²) in [5.74, 6) is -0.692. The molecule has 1 unspecified atom stereocenters. The lowest BCUT2D eigenvalue weighted by Gasteiger charge is -2.15. The average Bonchev–Trinajstić information content (AvgIpc) is 3.34. The van der Waals surface area contributed by atoms with Crippen LogP contribution in [0.15, 0.2) is 146 Å². The minimum Gasteiger partial charge on any atom is -0.462 e. The van der Waals surface area contributed by atoms with E-state index in [-0.39, 0.29) is 31.6 Å². The fraction of sp³-hybridized carbons (Fsp3) is 0.587. The smallest absolute Gasteiger partial charge is 0.306 e. The van der Waals surface area contributed by atoms with E-state index in [2.05, 4.69) is 148 Å². The van der Waals surface area contributed by atoms with E-state index >= 15 is 0 Å². The number of aliphatic hydroxyl groups excluding tert-OH is 1. The molecule has 1 atom stereocenters. The van der Waals surface area contributed by atoms with Crippen LogP contribution >= 0.6 is 0 Å². The second-order valence-corrected chi connectivity index (χ2v) is 17.5. The van der Waals surface area contributed by atoms with Crippen LogP contribution in [0.1, 0.15) is 219 Å². The number of hydrogen-bond acceptors (Lipinski definition) is 5. The zero-order valence-corrected chi connectivity index (χ0v) is 43.6. The second-order valence-electron chi connectivity index (χ2n) is 17.5. The summed E-state index contributed by atoms with van der Waals surface area (Å²) in [5, 5.41) is 9.60. The number of ether oxygens (including phenoxy) is 2. The standard InChI is InChI=1S/C63H100O5/c1-3-5-7-9-11-13-15-17-18-19-20-21-22-23-24-25-26-27-28-29-30-31-32-33-34-35-36-37-38-39-40-41-42-43-44-46-48-50-52-54-56-58-63(66)68-61(59-64)60-67-62(65)57-55-53-51-49-47-45-16-14-12-10-8-6-4-2/h5-8,11-14,17-18,20-21,23-24,26-27,29-30,32-33,45,47,51,53,61,64H,3-4,9-10,15-16,19,22,25,28,31,34-44,46,48-50,52,54-60H2,1-2H3/b7-5-,8-6-,13-11-,14-12-,18-17-,21-20-,24-23-,27-26-,30-29-,33-32-,47-45-,53-51-. The van der Waals surface area contributed by atoms with Crippen molar-refractivity contribution in [3.05, 3.63) is 146 Å². The van der Waals surface area contributed by atoms with E-state index in [0.29, 0.717) is 12.8 Å². The summed E-state index contributed by atoms with van der Waals surface area (Å²) in [6.07, 6.45) is 87.0. The minimum absolute atomic E-state index is 0.110.